The van der Waals surface area contributed by atoms with Gasteiger partial charge in [0, 0.05) is 17.8 Å². The van der Waals surface area contributed by atoms with E-state index in [2.05, 4.69) is 6.92 Å². The highest BCUT2D eigenvalue weighted by Crippen LogP contribution is 2.70. The minimum absolute atomic E-state index is 0.195. The molecule has 1 spiro atoms. The Hall–Kier alpha value is -0.710. The third-order valence-corrected chi connectivity index (χ3v) is 9.12. The van der Waals surface area contributed by atoms with E-state index in [0.29, 0.717) is 23.5 Å². The molecule has 0 radical (unpaired) electrons. The van der Waals surface area contributed by atoms with Crippen LogP contribution >= 0.6 is 0 Å². The summed E-state index contributed by atoms with van der Waals surface area (Å²) in [5, 5.41) is 9.45. The summed E-state index contributed by atoms with van der Waals surface area (Å²) in [6.07, 6.45) is 10.8. The molecular formula is C21H30O4. The van der Waals surface area contributed by atoms with Gasteiger partial charge in [-0.15, -0.1) is 0 Å². The van der Waals surface area contributed by atoms with Crippen LogP contribution in [-0.4, -0.2) is 23.4 Å². The number of hydrogen-bond acceptors (Lipinski definition) is 4. The van der Waals surface area contributed by atoms with Crippen molar-refractivity contribution in [3.63, 3.8) is 0 Å². The molecule has 5 aliphatic rings. The molecular weight excluding hydrogens is 316 g/mol. The molecule has 1 unspecified atom stereocenters. The lowest BCUT2D eigenvalue weighted by molar-refractivity contribution is -0.397. The van der Waals surface area contributed by atoms with Crippen molar-refractivity contribution in [2.45, 2.75) is 71.0 Å². The van der Waals surface area contributed by atoms with Crippen LogP contribution < -0.4 is 0 Å². The van der Waals surface area contributed by atoms with Gasteiger partial charge in [-0.1, -0.05) is 12.5 Å². The summed E-state index contributed by atoms with van der Waals surface area (Å²) in [6, 6.07) is 0. The average Bonchev–Trinajstić information content (AvgIpc) is 3.12. The number of rotatable bonds is 1. The van der Waals surface area contributed by atoms with Crippen molar-refractivity contribution < 1.29 is 19.7 Å². The van der Waals surface area contributed by atoms with Crippen LogP contribution in [0.5, 0.6) is 0 Å². The van der Waals surface area contributed by atoms with Crippen molar-refractivity contribution in [1.29, 1.82) is 0 Å². The number of fused-ring (bicyclic) bond motifs is 4. The average molecular weight is 346 g/mol. The first-order chi connectivity index (χ1) is 11.9. The van der Waals surface area contributed by atoms with Gasteiger partial charge in [0.2, 0.25) is 5.79 Å². The maximum atomic E-state index is 11.9. The van der Waals surface area contributed by atoms with Crippen LogP contribution in [0.25, 0.3) is 0 Å². The van der Waals surface area contributed by atoms with E-state index in [-0.39, 0.29) is 10.8 Å². The van der Waals surface area contributed by atoms with Gasteiger partial charge in [-0.25, -0.2) is 10.1 Å². The molecule has 3 saturated carbocycles. The van der Waals surface area contributed by atoms with E-state index in [0.717, 1.165) is 38.2 Å². The first-order valence-corrected chi connectivity index (χ1v) is 10.1. The van der Waals surface area contributed by atoms with E-state index in [4.69, 9.17) is 9.62 Å². The summed E-state index contributed by atoms with van der Waals surface area (Å²) in [6.45, 7) is 5.08. The van der Waals surface area contributed by atoms with E-state index in [1.165, 1.54) is 31.3 Å². The Labute approximate surface area is 149 Å². The highest BCUT2D eigenvalue weighted by molar-refractivity contribution is 5.91. The predicted molar refractivity (Wildman–Crippen MR) is 92.6 cm³/mol. The van der Waals surface area contributed by atoms with Gasteiger partial charge in [0.15, 0.2) is 5.78 Å². The molecule has 5 rings (SSSR count). The normalized spacial score (nSPS) is 54.4. The second kappa shape index (κ2) is 5.17. The number of allylic oxidation sites excluding steroid dienone is 1. The molecule has 1 N–H and O–H groups in total. The molecule has 25 heavy (non-hydrogen) atoms. The van der Waals surface area contributed by atoms with Crippen LogP contribution in [0.3, 0.4) is 0 Å². The fourth-order valence-corrected chi connectivity index (χ4v) is 7.90. The number of carbonyl (C=O) groups excluding carboxylic acids is 1. The molecule has 0 aromatic rings. The first-order valence-electron chi connectivity index (χ1n) is 10.1. The molecule has 1 aliphatic heterocycles. The van der Waals surface area contributed by atoms with Crippen LogP contribution in [0.4, 0.5) is 0 Å². The number of ketones is 1. The van der Waals surface area contributed by atoms with Crippen molar-refractivity contribution in [1.82, 2.24) is 0 Å². The zero-order chi connectivity index (χ0) is 17.4. The summed E-state index contributed by atoms with van der Waals surface area (Å²) in [7, 11) is 0. The van der Waals surface area contributed by atoms with Crippen molar-refractivity contribution in [3.05, 3.63) is 11.6 Å². The standard InChI is InChI=1S/C21H30O4/c1-19-9-7-14(22)11-13(19)3-4-15-16(19)8-10-21-12-24-20(2,25-23)18(21)6-5-17(15)21/h11,15-18,23H,3-10,12H2,1-2H3/t15-,16+,17+,18-,19+,20?,21-/m1/s1. The molecule has 138 valence electrons. The largest absolute Gasteiger partial charge is 0.347 e. The SMILES string of the molecule is CC1(OO)OC[C@]23CC[C@H]4[C@@H](CCC5=CC(=O)CC[C@@]54C)[C@@H]2CC[C@H]13. The summed E-state index contributed by atoms with van der Waals surface area (Å²) in [5.74, 6) is 1.95. The van der Waals surface area contributed by atoms with Crippen molar-refractivity contribution in [3.8, 4) is 0 Å². The highest BCUT2D eigenvalue weighted by Gasteiger charge is 2.68. The topological polar surface area (TPSA) is 55.8 Å². The van der Waals surface area contributed by atoms with Crippen molar-refractivity contribution in [2.24, 2.45) is 34.5 Å². The minimum Gasteiger partial charge on any atom is -0.347 e. The molecule has 4 fully saturated rings. The van der Waals surface area contributed by atoms with Gasteiger partial charge in [0.1, 0.15) is 0 Å². The van der Waals surface area contributed by atoms with Gasteiger partial charge >= 0.3 is 0 Å². The van der Waals surface area contributed by atoms with E-state index in [1.54, 1.807) is 0 Å². The van der Waals surface area contributed by atoms with E-state index >= 15 is 0 Å². The monoisotopic (exact) mass is 346 g/mol. The van der Waals surface area contributed by atoms with Gasteiger partial charge in [-0.05, 0) is 81.1 Å². The van der Waals surface area contributed by atoms with Gasteiger partial charge in [-0.3, -0.25) is 4.79 Å². The maximum absolute atomic E-state index is 11.9. The Bertz CT molecular complexity index is 642. The second-order valence-corrected chi connectivity index (χ2v) is 9.77. The zero-order valence-corrected chi connectivity index (χ0v) is 15.4. The maximum Gasteiger partial charge on any atom is 0.201 e. The summed E-state index contributed by atoms with van der Waals surface area (Å²) >= 11 is 0. The van der Waals surface area contributed by atoms with Crippen LogP contribution in [0.2, 0.25) is 0 Å². The quantitative estimate of drug-likeness (QED) is 0.566. The molecule has 1 saturated heterocycles. The second-order valence-electron chi connectivity index (χ2n) is 9.77. The Balaban J connectivity index is 1.49. The van der Waals surface area contributed by atoms with Gasteiger partial charge in [-0.2, -0.15) is 0 Å². The van der Waals surface area contributed by atoms with Crippen LogP contribution in [-0.2, 0) is 14.4 Å². The van der Waals surface area contributed by atoms with Crippen LogP contribution in [0.1, 0.15) is 65.2 Å². The lowest BCUT2D eigenvalue weighted by Crippen LogP contribution is -2.52. The molecule has 4 nitrogen and oxygen atoms in total. The molecule has 0 aromatic heterocycles. The van der Waals surface area contributed by atoms with Crippen LogP contribution in [0.15, 0.2) is 11.6 Å². The summed E-state index contributed by atoms with van der Waals surface area (Å²) < 4.78 is 6.01. The Morgan fingerprint density at radius 2 is 1.96 bits per heavy atom. The van der Waals surface area contributed by atoms with Crippen molar-refractivity contribution in [2.75, 3.05) is 6.61 Å². The minimum atomic E-state index is -0.817. The highest BCUT2D eigenvalue weighted by atomic mass is 17.1. The smallest absolute Gasteiger partial charge is 0.201 e. The third-order valence-electron chi connectivity index (χ3n) is 9.12. The molecule has 1 heterocycles. The molecule has 4 aliphatic carbocycles. The van der Waals surface area contributed by atoms with E-state index in [1.807, 2.05) is 13.0 Å². The molecule has 7 atom stereocenters. The Morgan fingerprint density at radius 3 is 2.76 bits per heavy atom. The van der Waals surface area contributed by atoms with Crippen LogP contribution in [0, 0.1) is 34.5 Å². The Kier molecular flexibility index (Phi) is 3.41. The lowest BCUT2D eigenvalue weighted by Gasteiger charge is -2.57. The summed E-state index contributed by atoms with van der Waals surface area (Å²) in [4.78, 5) is 16.8. The number of hydrogen-bond donors (Lipinski definition) is 1. The fourth-order valence-electron chi connectivity index (χ4n) is 7.90. The zero-order valence-electron chi connectivity index (χ0n) is 15.4. The molecule has 0 bridgehead atoms. The van der Waals surface area contributed by atoms with Gasteiger partial charge in [0.05, 0.1) is 6.61 Å². The molecule has 4 heteroatoms. The predicted octanol–water partition coefficient (Wildman–Crippen LogP) is 4.35. The van der Waals surface area contributed by atoms with Gasteiger partial charge < -0.3 is 4.74 Å². The summed E-state index contributed by atoms with van der Waals surface area (Å²) in [5.41, 5.74) is 1.86. The third kappa shape index (κ3) is 1.97. The molecule has 0 amide bonds. The van der Waals surface area contributed by atoms with E-state index < -0.39 is 5.79 Å². The fraction of sp³-hybridized carbons (Fsp3) is 0.857. The molecule has 0 aromatic carbocycles. The van der Waals surface area contributed by atoms with Gasteiger partial charge in [0.25, 0.3) is 0 Å². The first kappa shape index (κ1) is 16.5. The Morgan fingerprint density at radius 1 is 1.12 bits per heavy atom. The number of carbonyl (C=O) groups is 1. The lowest BCUT2D eigenvalue weighted by atomic mass is 9.46. The number of ether oxygens (including phenoxy) is 1. The van der Waals surface area contributed by atoms with E-state index in [9.17, 15) is 10.1 Å². The van der Waals surface area contributed by atoms with Crippen molar-refractivity contribution >= 4 is 5.78 Å².